The minimum Gasteiger partial charge on any atom is -0.444 e. The van der Waals surface area contributed by atoms with Crippen LogP contribution in [0.1, 0.15) is 72.9 Å². The number of halogens is 3. The Labute approximate surface area is 299 Å². The quantitative estimate of drug-likeness (QED) is 0.104. The Morgan fingerprint density at radius 3 is 2.06 bits per heavy atom. The van der Waals surface area contributed by atoms with Crippen LogP contribution in [-0.2, 0) is 15.7 Å². The van der Waals surface area contributed by atoms with Crippen LogP contribution in [0.3, 0.4) is 0 Å². The average molecular weight is 720 g/mol. The molecule has 4 rings (SSSR count). The number of carbonyl (C=O) groups is 4. The summed E-state index contributed by atoms with van der Waals surface area (Å²) in [6, 6.07) is 14.6. The predicted octanol–water partition coefficient (Wildman–Crippen LogP) is 7.93. The molecule has 1 atom stereocenters. The van der Waals surface area contributed by atoms with Gasteiger partial charge in [-0.1, -0.05) is 32.0 Å². The van der Waals surface area contributed by atoms with E-state index in [1.807, 2.05) is 13.8 Å². The lowest BCUT2D eigenvalue weighted by Crippen LogP contribution is -2.46. The second-order valence-corrected chi connectivity index (χ2v) is 13.3. The Morgan fingerprint density at radius 1 is 0.769 bits per heavy atom. The molecule has 0 saturated carbocycles. The molecule has 5 N–H and O–H groups in total. The minimum atomic E-state index is -4.60. The molecular weight excluding hydrogens is 679 g/mol. The third-order valence-corrected chi connectivity index (χ3v) is 7.20. The van der Waals surface area contributed by atoms with Crippen molar-refractivity contribution in [3.8, 4) is 0 Å². The molecule has 0 spiro atoms. The molecule has 0 aliphatic heterocycles. The number of aryl methyl sites for hydroxylation is 1. The highest BCUT2D eigenvalue weighted by molar-refractivity contribution is 6.08. The molecule has 1 heterocycles. The number of hydrogen-bond acceptors (Lipinski definition) is 8. The fourth-order valence-electron chi connectivity index (χ4n) is 4.83. The number of nitrogens with one attached hydrogen (secondary N) is 5. The largest absolute Gasteiger partial charge is 0.444 e. The topological polar surface area (TPSA) is 163 Å². The van der Waals surface area contributed by atoms with Gasteiger partial charge in [0.1, 0.15) is 11.6 Å². The van der Waals surface area contributed by atoms with Crippen molar-refractivity contribution in [2.45, 2.75) is 65.8 Å². The SMILES string of the molecule is Cc1ccc(NC(=O)c2cccc(C(F)(F)F)c2)cc1C(=O)Nc1cnc(Nc2cccc(NC(=O)[C@H](CC(C)C)NC(=O)OC(C)(C)C)c2)nc1. The predicted molar refractivity (Wildman–Crippen MR) is 192 cm³/mol. The van der Waals surface area contributed by atoms with Crippen LogP contribution in [0.5, 0.6) is 0 Å². The molecule has 0 aliphatic carbocycles. The highest BCUT2D eigenvalue weighted by atomic mass is 19.4. The number of anilines is 5. The van der Waals surface area contributed by atoms with E-state index < -0.39 is 47.2 Å². The summed E-state index contributed by atoms with van der Waals surface area (Å²) in [7, 11) is 0. The summed E-state index contributed by atoms with van der Waals surface area (Å²) in [6.07, 6.45) is -2.14. The maximum Gasteiger partial charge on any atom is 0.416 e. The van der Waals surface area contributed by atoms with Crippen molar-refractivity contribution in [2.24, 2.45) is 5.92 Å². The van der Waals surface area contributed by atoms with E-state index in [2.05, 4.69) is 36.6 Å². The van der Waals surface area contributed by atoms with Crippen molar-refractivity contribution >= 4 is 52.5 Å². The summed E-state index contributed by atoms with van der Waals surface area (Å²) in [5, 5.41) is 13.7. The number of nitrogens with zero attached hydrogens (tertiary/aromatic N) is 2. The number of amides is 4. The van der Waals surface area contributed by atoms with Gasteiger partial charge in [-0.2, -0.15) is 13.2 Å². The van der Waals surface area contributed by atoms with Gasteiger partial charge in [0.15, 0.2) is 0 Å². The molecule has 0 aliphatic rings. The molecule has 1 aromatic heterocycles. The first kappa shape index (κ1) is 38.8. The fraction of sp³-hybridized carbons (Fsp3) is 0.297. The molecular formula is C37H40F3N7O5. The van der Waals surface area contributed by atoms with Crippen molar-refractivity contribution in [3.63, 3.8) is 0 Å². The number of benzene rings is 3. The molecule has 274 valence electrons. The summed E-state index contributed by atoms with van der Waals surface area (Å²) >= 11 is 0. The van der Waals surface area contributed by atoms with Gasteiger partial charge in [0.05, 0.1) is 23.6 Å². The lowest BCUT2D eigenvalue weighted by molar-refractivity contribution is -0.137. The van der Waals surface area contributed by atoms with Crippen LogP contribution in [-0.4, -0.2) is 45.4 Å². The number of alkyl halides is 3. The first-order valence-electron chi connectivity index (χ1n) is 16.3. The van der Waals surface area contributed by atoms with Crippen LogP contribution >= 0.6 is 0 Å². The number of rotatable bonds is 11. The van der Waals surface area contributed by atoms with Crippen molar-refractivity contribution < 1.29 is 37.1 Å². The van der Waals surface area contributed by atoms with Crippen molar-refractivity contribution in [1.82, 2.24) is 15.3 Å². The first-order valence-corrected chi connectivity index (χ1v) is 16.3. The van der Waals surface area contributed by atoms with Crippen LogP contribution in [0, 0.1) is 12.8 Å². The van der Waals surface area contributed by atoms with Crippen LogP contribution in [0.25, 0.3) is 0 Å². The maximum atomic E-state index is 13.1. The number of aromatic nitrogens is 2. The molecule has 52 heavy (non-hydrogen) atoms. The van der Waals surface area contributed by atoms with Gasteiger partial charge in [-0.05, 0) is 94.1 Å². The van der Waals surface area contributed by atoms with Crippen LogP contribution in [0.4, 0.5) is 46.7 Å². The summed E-state index contributed by atoms with van der Waals surface area (Å²) in [6.45, 7) is 10.8. The minimum absolute atomic E-state index is 0.117. The molecule has 0 bridgehead atoms. The number of carbonyl (C=O) groups excluding carboxylic acids is 4. The van der Waals surface area contributed by atoms with Gasteiger partial charge in [0.2, 0.25) is 11.9 Å². The summed E-state index contributed by atoms with van der Waals surface area (Å²) < 4.78 is 44.6. The van der Waals surface area contributed by atoms with Gasteiger partial charge < -0.3 is 31.3 Å². The van der Waals surface area contributed by atoms with E-state index in [1.54, 1.807) is 58.0 Å². The van der Waals surface area contributed by atoms with E-state index in [9.17, 15) is 32.3 Å². The normalized spacial score (nSPS) is 12.0. The Kier molecular flexibility index (Phi) is 12.2. The van der Waals surface area contributed by atoms with Gasteiger partial charge in [0, 0.05) is 28.2 Å². The van der Waals surface area contributed by atoms with Crippen molar-refractivity contribution in [2.75, 3.05) is 21.3 Å². The lowest BCUT2D eigenvalue weighted by Gasteiger charge is -2.24. The Morgan fingerprint density at radius 2 is 1.40 bits per heavy atom. The molecule has 0 fully saturated rings. The van der Waals surface area contributed by atoms with Gasteiger partial charge in [0.25, 0.3) is 11.8 Å². The third kappa shape index (κ3) is 11.5. The van der Waals surface area contributed by atoms with Gasteiger partial charge in [-0.15, -0.1) is 0 Å². The molecule has 4 amide bonds. The second kappa shape index (κ2) is 16.4. The smallest absolute Gasteiger partial charge is 0.416 e. The zero-order valence-electron chi connectivity index (χ0n) is 29.4. The van der Waals surface area contributed by atoms with E-state index in [1.165, 1.54) is 30.6 Å². The maximum absolute atomic E-state index is 13.1. The number of hydrogen-bond donors (Lipinski definition) is 5. The van der Waals surface area contributed by atoms with Gasteiger partial charge >= 0.3 is 12.3 Å². The zero-order chi connectivity index (χ0) is 38.2. The molecule has 12 nitrogen and oxygen atoms in total. The van der Waals surface area contributed by atoms with Crippen LogP contribution < -0.4 is 26.6 Å². The average Bonchev–Trinajstić information content (AvgIpc) is 3.05. The fourth-order valence-corrected chi connectivity index (χ4v) is 4.83. The van der Waals surface area contributed by atoms with E-state index in [-0.39, 0.29) is 34.4 Å². The third-order valence-electron chi connectivity index (χ3n) is 7.20. The summed E-state index contributed by atoms with van der Waals surface area (Å²) in [5.41, 5.74) is 0.417. The van der Waals surface area contributed by atoms with E-state index in [0.717, 1.165) is 18.2 Å². The highest BCUT2D eigenvalue weighted by Gasteiger charge is 2.31. The molecule has 0 radical (unpaired) electrons. The highest BCUT2D eigenvalue weighted by Crippen LogP contribution is 2.30. The number of alkyl carbamates (subject to hydrolysis) is 1. The summed E-state index contributed by atoms with van der Waals surface area (Å²) in [5.74, 6) is -1.39. The summed E-state index contributed by atoms with van der Waals surface area (Å²) in [4.78, 5) is 59.8. The Hall–Kier alpha value is -5.99. The van der Waals surface area contributed by atoms with E-state index >= 15 is 0 Å². The van der Waals surface area contributed by atoms with E-state index in [4.69, 9.17) is 4.74 Å². The standard InChI is InChI=1S/C37H40F3N7O5/c1-21(2)15-30(47-35(51)52-36(4,5)6)33(50)44-25-11-8-12-26(17-25)46-34-41-19-28(20-42-34)45-32(49)29-18-27(14-13-22(29)3)43-31(48)23-9-7-10-24(16-23)37(38,39)40/h7-14,16-21,30H,15H2,1-6H3,(H,43,48)(H,44,50)(H,45,49)(H,47,51)(H,41,42,46)/t30-/m0/s1. The molecule has 0 unspecified atom stereocenters. The zero-order valence-corrected chi connectivity index (χ0v) is 29.4. The van der Waals surface area contributed by atoms with Crippen LogP contribution in [0.2, 0.25) is 0 Å². The molecule has 3 aromatic carbocycles. The van der Waals surface area contributed by atoms with Gasteiger partial charge in [-0.25, -0.2) is 14.8 Å². The van der Waals surface area contributed by atoms with Crippen molar-refractivity contribution in [3.05, 3.63) is 101 Å². The van der Waals surface area contributed by atoms with Gasteiger partial charge in [-0.3, -0.25) is 14.4 Å². The van der Waals surface area contributed by atoms with E-state index in [0.29, 0.717) is 23.4 Å². The Balaban J connectivity index is 1.37. The number of ether oxygens (including phenoxy) is 1. The van der Waals surface area contributed by atoms with Crippen molar-refractivity contribution in [1.29, 1.82) is 0 Å². The monoisotopic (exact) mass is 719 g/mol. The lowest BCUT2D eigenvalue weighted by atomic mass is 10.0. The first-order chi connectivity index (χ1) is 24.4. The molecule has 0 saturated heterocycles. The molecule has 4 aromatic rings. The van der Waals surface area contributed by atoms with Crippen LogP contribution in [0.15, 0.2) is 79.1 Å². The second-order valence-electron chi connectivity index (χ2n) is 13.3. The molecule has 15 heteroatoms. The Bertz CT molecular complexity index is 1930.